The van der Waals surface area contributed by atoms with Crippen LogP contribution in [0.15, 0.2) is 11.6 Å². The van der Waals surface area contributed by atoms with E-state index in [1.165, 1.54) is 11.0 Å². The van der Waals surface area contributed by atoms with Crippen molar-refractivity contribution in [3.63, 3.8) is 0 Å². The maximum atomic E-state index is 11.9. The van der Waals surface area contributed by atoms with Gasteiger partial charge in [-0.1, -0.05) is 18.9 Å². The highest BCUT2D eigenvalue weighted by Gasteiger charge is 2.34. The Morgan fingerprint density at radius 1 is 1.41 bits per heavy atom. The van der Waals surface area contributed by atoms with E-state index in [2.05, 4.69) is 6.92 Å². The number of rotatable bonds is 3. The molecule has 1 amide bonds. The highest BCUT2D eigenvalue weighted by Crippen LogP contribution is 2.25. The summed E-state index contributed by atoms with van der Waals surface area (Å²) in [4.78, 5) is 24.6. The normalized spacial score (nSPS) is 24.3. The average Bonchev–Trinajstić information content (AvgIpc) is 2.27. The zero-order valence-electron chi connectivity index (χ0n) is 10.8. The second kappa shape index (κ2) is 5.84. The van der Waals surface area contributed by atoms with Gasteiger partial charge in [0.05, 0.1) is 0 Å². The van der Waals surface area contributed by atoms with Gasteiger partial charge in [0, 0.05) is 12.6 Å². The Bertz CT molecular complexity index is 332. The number of aliphatic carboxylic acids is 1. The molecule has 0 spiro atoms. The van der Waals surface area contributed by atoms with E-state index in [4.69, 9.17) is 0 Å². The maximum absolute atomic E-state index is 11.9. The molecular weight excluding hydrogens is 218 g/mol. The quantitative estimate of drug-likeness (QED) is 0.767. The molecule has 96 valence electrons. The Hall–Kier alpha value is -1.32. The summed E-state index contributed by atoms with van der Waals surface area (Å²) in [6.45, 7) is 6.30. The van der Waals surface area contributed by atoms with Gasteiger partial charge < -0.3 is 10.0 Å². The summed E-state index contributed by atoms with van der Waals surface area (Å²) >= 11 is 0. The van der Waals surface area contributed by atoms with Crippen molar-refractivity contribution in [1.29, 1.82) is 0 Å². The summed E-state index contributed by atoms with van der Waals surface area (Å²) in [6, 6.07) is -0.656. The topological polar surface area (TPSA) is 57.6 Å². The van der Waals surface area contributed by atoms with Crippen LogP contribution in [0.4, 0.5) is 0 Å². The minimum absolute atomic E-state index is 0.174. The molecule has 2 atom stereocenters. The van der Waals surface area contributed by atoms with Gasteiger partial charge in [0.25, 0.3) is 0 Å². The van der Waals surface area contributed by atoms with Gasteiger partial charge >= 0.3 is 5.97 Å². The van der Waals surface area contributed by atoms with Crippen molar-refractivity contribution in [1.82, 2.24) is 4.90 Å². The lowest BCUT2D eigenvalue weighted by molar-refractivity contribution is -0.151. The second-order valence-corrected chi connectivity index (χ2v) is 4.91. The van der Waals surface area contributed by atoms with Gasteiger partial charge in [-0.25, -0.2) is 4.79 Å². The Kier molecular flexibility index (Phi) is 4.73. The van der Waals surface area contributed by atoms with Gasteiger partial charge in [-0.2, -0.15) is 0 Å². The number of piperidine rings is 1. The fourth-order valence-electron chi connectivity index (χ4n) is 2.24. The van der Waals surface area contributed by atoms with E-state index < -0.39 is 12.0 Å². The molecule has 0 saturated carbocycles. The lowest BCUT2D eigenvalue weighted by Crippen LogP contribution is -2.49. The van der Waals surface area contributed by atoms with Crippen LogP contribution in [0.5, 0.6) is 0 Å². The Balaban J connectivity index is 2.80. The molecule has 0 aromatic rings. The van der Waals surface area contributed by atoms with E-state index in [0.717, 1.165) is 18.4 Å². The van der Waals surface area contributed by atoms with Crippen LogP contribution < -0.4 is 0 Å². The first-order valence-electron chi connectivity index (χ1n) is 6.14. The predicted octanol–water partition coefficient (Wildman–Crippen LogP) is 2.05. The van der Waals surface area contributed by atoms with Gasteiger partial charge in [-0.05, 0) is 32.6 Å². The molecule has 0 radical (unpaired) electrons. The third-order valence-corrected chi connectivity index (χ3v) is 3.27. The first-order chi connectivity index (χ1) is 7.95. The van der Waals surface area contributed by atoms with Gasteiger partial charge in [-0.3, -0.25) is 4.79 Å². The molecule has 0 bridgehead atoms. The van der Waals surface area contributed by atoms with Crippen LogP contribution in [0.25, 0.3) is 0 Å². The van der Waals surface area contributed by atoms with Crippen LogP contribution in [0.1, 0.15) is 40.0 Å². The summed E-state index contributed by atoms with van der Waals surface area (Å²) in [6.07, 6.45) is 3.98. The maximum Gasteiger partial charge on any atom is 0.326 e. The summed E-state index contributed by atoms with van der Waals surface area (Å²) < 4.78 is 0. The summed E-state index contributed by atoms with van der Waals surface area (Å²) in [5.41, 5.74) is 0.900. The molecule has 2 unspecified atom stereocenters. The van der Waals surface area contributed by atoms with E-state index >= 15 is 0 Å². The van der Waals surface area contributed by atoms with Gasteiger partial charge in [-0.15, -0.1) is 0 Å². The zero-order chi connectivity index (χ0) is 13.0. The molecule has 4 heteroatoms. The van der Waals surface area contributed by atoms with Gasteiger partial charge in [0.2, 0.25) is 5.91 Å². The third kappa shape index (κ3) is 3.58. The van der Waals surface area contributed by atoms with Crippen LogP contribution in [0.3, 0.4) is 0 Å². The first-order valence-corrected chi connectivity index (χ1v) is 6.14. The molecule has 1 rings (SSSR count). The molecule has 0 aromatic carbocycles. The number of carboxylic acid groups (broad SMARTS) is 1. The lowest BCUT2D eigenvalue weighted by Gasteiger charge is -2.36. The van der Waals surface area contributed by atoms with Crippen molar-refractivity contribution in [2.24, 2.45) is 5.92 Å². The first kappa shape index (κ1) is 13.7. The monoisotopic (exact) mass is 239 g/mol. The summed E-state index contributed by atoms with van der Waals surface area (Å²) in [5, 5.41) is 9.19. The van der Waals surface area contributed by atoms with E-state index in [9.17, 15) is 14.7 Å². The SMILES string of the molecule is CCC1CCN(C(=O)C=C(C)C)C(C(=O)O)C1. The van der Waals surface area contributed by atoms with Crippen molar-refractivity contribution in [2.45, 2.75) is 46.1 Å². The summed E-state index contributed by atoms with van der Waals surface area (Å²) in [5.74, 6) is -0.641. The van der Waals surface area contributed by atoms with E-state index in [-0.39, 0.29) is 5.91 Å². The molecule has 1 fully saturated rings. The lowest BCUT2D eigenvalue weighted by atomic mass is 9.89. The molecule has 17 heavy (non-hydrogen) atoms. The standard InChI is InChI=1S/C13H21NO3/c1-4-10-5-6-14(11(8-10)13(16)17)12(15)7-9(2)3/h7,10-11H,4-6,8H2,1-3H3,(H,16,17). The minimum atomic E-state index is -0.890. The molecular formula is C13H21NO3. The minimum Gasteiger partial charge on any atom is -0.480 e. The molecule has 1 saturated heterocycles. The van der Waals surface area contributed by atoms with Crippen molar-refractivity contribution >= 4 is 11.9 Å². The second-order valence-electron chi connectivity index (χ2n) is 4.91. The highest BCUT2D eigenvalue weighted by atomic mass is 16.4. The molecule has 0 aliphatic carbocycles. The van der Waals surface area contributed by atoms with Gasteiger partial charge in [0.15, 0.2) is 0 Å². The van der Waals surface area contributed by atoms with E-state index in [1.807, 2.05) is 13.8 Å². The van der Waals surface area contributed by atoms with E-state index in [0.29, 0.717) is 18.9 Å². The molecule has 1 aliphatic heterocycles. The molecule has 4 nitrogen and oxygen atoms in total. The Morgan fingerprint density at radius 3 is 2.53 bits per heavy atom. The third-order valence-electron chi connectivity index (χ3n) is 3.27. The highest BCUT2D eigenvalue weighted by molar-refractivity contribution is 5.91. The van der Waals surface area contributed by atoms with Crippen molar-refractivity contribution in [3.05, 3.63) is 11.6 Å². The van der Waals surface area contributed by atoms with Crippen LogP contribution in [-0.4, -0.2) is 34.5 Å². The number of carboxylic acids is 1. The predicted molar refractivity (Wildman–Crippen MR) is 65.6 cm³/mol. The van der Waals surface area contributed by atoms with Crippen molar-refractivity contribution in [2.75, 3.05) is 6.54 Å². The number of nitrogens with zero attached hydrogens (tertiary/aromatic N) is 1. The van der Waals surface area contributed by atoms with Crippen LogP contribution in [0, 0.1) is 5.92 Å². The number of hydrogen-bond donors (Lipinski definition) is 1. The average molecular weight is 239 g/mol. The van der Waals surface area contributed by atoms with Crippen molar-refractivity contribution < 1.29 is 14.7 Å². The molecule has 1 heterocycles. The largest absolute Gasteiger partial charge is 0.480 e. The van der Waals surface area contributed by atoms with Crippen LogP contribution in [-0.2, 0) is 9.59 Å². The number of likely N-dealkylation sites (tertiary alicyclic amines) is 1. The molecule has 1 aliphatic rings. The van der Waals surface area contributed by atoms with Crippen molar-refractivity contribution in [3.8, 4) is 0 Å². The van der Waals surface area contributed by atoms with Crippen LogP contribution in [0.2, 0.25) is 0 Å². The number of allylic oxidation sites excluding steroid dienone is 1. The van der Waals surface area contributed by atoms with E-state index in [1.54, 1.807) is 0 Å². The fraction of sp³-hybridized carbons (Fsp3) is 0.692. The zero-order valence-corrected chi connectivity index (χ0v) is 10.8. The number of amides is 1. The number of carbonyl (C=O) groups excluding carboxylic acids is 1. The number of carbonyl (C=O) groups is 2. The van der Waals surface area contributed by atoms with Crippen LogP contribution >= 0.6 is 0 Å². The Labute approximate surface area is 102 Å². The Morgan fingerprint density at radius 2 is 2.06 bits per heavy atom. The fourth-order valence-corrected chi connectivity index (χ4v) is 2.24. The molecule has 1 N–H and O–H groups in total. The smallest absolute Gasteiger partial charge is 0.326 e. The molecule has 0 aromatic heterocycles. The number of hydrogen-bond acceptors (Lipinski definition) is 2. The summed E-state index contributed by atoms with van der Waals surface area (Å²) in [7, 11) is 0. The van der Waals surface area contributed by atoms with Gasteiger partial charge in [0.1, 0.15) is 6.04 Å².